The Labute approximate surface area is 217 Å². The van der Waals surface area contributed by atoms with E-state index in [2.05, 4.69) is 25.6 Å². The lowest BCUT2D eigenvalue weighted by atomic mass is 10.0. The van der Waals surface area contributed by atoms with Gasteiger partial charge in [-0.1, -0.05) is 6.07 Å². The van der Waals surface area contributed by atoms with Gasteiger partial charge in [-0.25, -0.2) is 4.79 Å². The number of nitrogen functional groups attached to an aromatic ring is 1. The van der Waals surface area contributed by atoms with Gasteiger partial charge in [0.05, 0.1) is 19.3 Å². The molecule has 0 radical (unpaired) electrons. The van der Waals surface area contributed by atoms with Crippen molar-refractivity contribution in [2.45, 2.75) is 19.6 Å². The molecule has 2 aromatic heterocycles. The Balaban J connectivity index is 1.84. The minimum Gasteiger partial charge on any atom is -0.497 e. The third-order valence-corrected chi connectivity index (χ3v) is 5.39. The second kappa shape index (κ2) is 11.3. The van der Waals surface area contributed by atoms with E-state index >= 15 is 0 Å². The van der Waals surface area contributed by atoms with E-state index in [1.54, 1.807) is 50.6 Å². The third-order valence-electron chi connectivity index (χ3n) is 5.39. The highest BCUT2D eigenvalue weighted by molar-refractivity contribution is 5.98. The molecule has 0 aliphatic carbocycles. The maximum Gasteiger partial charge on any atom is 0.349 e. The first kappa shape index (κ1) is 26.0. The van der Waals surface area contributed by atoms with E-state index in [4.69, 9.17) is 25.4 Å². The molecule has 5 N–H and O–H groups in total. The highest BCUT2D eigenvalue weighted by atomic mass is 16.5. The van der Waals surface area contributed by atoms with Crippen LogP contribution in [0.15, 0.2) is 59.5 Å². The number of aromatic amines is 1. The number of nitrogens with zero attached hydrogens (tertiary/aromatic N) is 4. The Hall–Kier alpha value is -5.04. The van der Waals surface area contributed by atoms with Crippen molar-refractivity contribution in [3.05, 3.63) is 87.7 Å². The van der Waals surface area contributed by atoms with Crippen molar-refractivity contribution >= 4 is 17.5 Å². The number of esters is 1. The number of H-pyrrole nitrogens is 1. The number of amidine groups is 1. The van der Waals surface area contributed by atoms with Crippen molar-refractivity contribution in [3.8, 4) is 17.3 Å². The quantitative estimate of drug-likeness (QED) is 0.105. The molecule has 0 fully saturated rings. The van der Waals surface area contributed by atoms with Gasteiger partial charge < -0.3 is 25.3 Å². The van der Waals surface area contributed by atoms with Gasteiger partial charge in [0, 0.05) is 32.0 Å². The zero-order valence-electron chi connectivity index (χ0n) is 20.9. The molecule has 1 unspecified atom stereocenters. The number of carbonyl (C=O) groups is 1. The SMILES string of the molecule is COCc1cc(OC)cc(C(Nc2ccc(C(=N)N)c(OC(C)=O)c2)c2nn(-c3cccnn3)c(=O)[nH]2)c1. The van der Waals surface area contributed by atoms with Crippen molar-refractivity contribution in [1.82, 2.24) is 25.0 Å². The summed E-state index contributed by atoms with van der Waals surface area (Å²) in [6, 6.07) is 12.8. The molecule has 0 aliphatic heterocycles. The van der Waals surface area contributed by atoms with E-state index in [0.717, 1.165) is 10.2 Å². The Morgan fingerprint density at radius 2 is 2.03 bits per heavy atom. The average molecular weight is 519 g/mol. The van der Waals surface area contributed by atoms with Gasteiger partial charge in [0.15, 0.2) is 11.6 Å². The van der Waals surface area contributed by atoms with E-state index in [9.17, 15) is 9.59 Å². The topological polar surface area (TPSA) is 183 Å². The van der Waals surface area contributed by atoms with E-state index in [0.29, 0.717) is 23.6 Å². The van der Waals surface area contributed by atoms with Gasteiger partial charge in [0.25, 0.3) is 0 Å². The summed E-state index contributed by atoms with van der Waals surface area (Å²) in [5, 5.41) is 23.4. The van der Waals surface area contributed by atoms with E-state index in [1.807, 2.05) is 12.1 Å². The fourth-order valence-electron chi connectivity index (χ4n) is 3.80. The number of benzene rings is 2. The molecule has 0 aliphatic rings. The molecule has 0 spiro atoms. The lowest BCUT2D eigenvalue weighted by molar-refractivity contribution is -0.131. The van der Waals surface area contributed by atoms with E-state index < -0.39 is 17.7 Å². The van der Waals surface area contributed by atoms with Gasteiger partial charge in [-0.15, -0.1) is 10.2 Å². The standard InChI is InChI=1S/C25H26N8O5/c1-14(34)38-20-12-17(6-7-19(20)23(26)27)29-22(16-9-15(13-36-2)10-18(11-16)37-3)24-30-25(35)33(32-24)21-5-4-8-28-31-21/h4-12,22,29H,13H2,1-3H3,(H3,26,27)(H,30,32,35). The number of hydrogen-bond acceptors (Lipinski definition) is 10. The van der Waals surface area contributed by atoms with Crippen LogP contribution in [0.25, 0.3) is 5.82 Å². The molecule has 2 heterocycles. The molecule has 0 bridgehead atoms. The molecule has 13 nitrogen and oxygen atoms in total. The maximum absolute atomic E-state index is 12.8. The van der Waals surface area contributed by atoms with E-state index in [-0.39, 0.29) is 28.8 Å². The lowest BCUT2D eigenvalue weighted by Gasteiger charge is -2.21. The summed E-state index contributed by atoms with van der Waals surface area (Å²) < 4.78 is 17.2. The fourth-order valence-corrected chi connectivity index (χ4v) is 3.80. The molecule has 38 heavy (non-hydrogen) atoms. The number of nitrogens with one attached hydrogen (secondary N) is 3. The number of ether oxygens (including phenoxy) is 3. The second-order valence-electron chi connectivity index (χ2n) is 8.15. The van der Waals surface area contributed by atoms with Crippen LogP contribution in [0.5, 0.6) is 11.5 Å². The van der Waals surface area contributed by atoms with Crippen molar-refractivity contribution < 1.29 is 19.0 Å². The van der Waals surface area contributed by atoms with Crippen LogP contribution in [0.3, 0.4) is 0 Å². The van der Waals surface area contributed by atoms with Crippen molar-refractivity contribution in [2.24, 2.45) is 5.73 Å². The van der Waals surface area contributed by atoms with E-state index in [1.165, 1.54) is 13.1 Å². The Morgan fingerprint density at radius 1 is 1.21 bits per heavy atom. The summed E-state index contributed by atoms with van der Waals surface area (Å²) in [5.41, 5.74) is 7.43. The number of aromatic nitrogens is 5. The van der Waals surface area contributed by atoms with Crippen LogP contribution in [0, 0.1) is 5.41 Å². The molecule has 0 amide bonds. The number of anilines is 1. The van der Waals surface area contributed by atoms with Crippen molar-refractivity contribution in [1.29, 1.82) is 5.41 Å². The van der Waals surface area contributed by atoms with Gasteiger partial charge in [-0.05, 0) is 47.5 Å². The third kappa shape index (κ3) is 5.84. The summed E-state index contributed by atoms with van der Waals surface area (Å²) in [6.07, 6.45) is 1.49. The normalized spacial score (nSPS) is 11.6. The first-order valence-electron chi connectivity index (χ1n) is 11.4. The van der Waals surface area contributed by atoms with Gasteiger partial charge in [0.1, 0.15) is 23.4 Å². The highest BCUT2D eigenvalue weighted by Gasteiger charge is 2.23. The maximum atomic E-state index is 12.8. The molecule has 4 rings (SSSR count). The predicted molar refractivity (Wildman–Crippen MR) is 138 cm³/mol. The Kier molecular flexibility index (Phi) is 7.77. The summed E-state index contributed by atoms with van der Waals surface area (Å²) in [6.45, 7) is 1.58. The van der Waals surface area contributed by atoms with Gasteiger partial charge in [0.2, 0.25) is 0 Å². The smallest absolute Gasteiger partial charge is 0.349 e. The summed E-state index contributed by atoms with van der Waals surface area (Å²) in [4.78, 5) is 27.3. The fraction of sp³-hybridized carbons (Fsp3) is 0.200. The first-order valence-corrected chi connectivity index (χ1v) is 11.4. The number of methoxy groups -OCH3 is 2. The monoisotopic (exact) mass is 518 g/mol. The van der Waals surface area contributed by atoms with Crippen LogP contribution in [-0.2, 0) is 16.1 Å². The Bertz CT molecular complexity index is 1520. The molecular formula is C25H26N8O5. The largest absolute Gasteiger partial charge is 0.497 e. The zero-order valence-corrected chi connectivity index (χ0v) is 20.9. The summed E-state index contributed by atoms with van der Waals surface area (Å²) in [5.74, 6) is 0.371. The van der Waals surface area contributed by atoms with Crippen molar-refractivity contribution in [3.63, 3.8) is 0 Å². The minimum atomic E-state index is -0.709. The summed E-state index contributed by atoms with van der Waals surface area (Å²) >= 11 is 0. The molecule has 1 atom stereocenters. The average Bonchev–Trinajstić information content (AvgIpc) is 3.28. The van der Waals surface area contributed by atoms with Crippen LogP contribution in [-0.4, -0.2) is 51.0 Å². The predicted octanol–water partition coefficient (Wildman–Crippen LogP) is 1.92. The zero-order chi connectivity index (χ0) is 27.2. The number of rotatable bonds is 10. The second-order valence-corrected chi connectivity index (χ2v) is 8.15. The number of nitrogens with two attached hydrogens (primary N) is 1. The summed E-state index contributed by atoms with van der Waals surface area (Å²) in [7, 11) is 3.14. The molecule has 0 saturated carbocycles. The van der Waals surface area contributed by atoms with Crippen molar-refractivity contribution in [2.75, 3.05) is 19.5 Å². The van der Waals surface area contributed by atoms with Crippen LogP contribution >= 0.6 is 0 Å². The first-order chi connectivity index (χ1) is 18.3. The highest BCUT2D eigenvalue weighted by Crippen LogP contribution is 2.31. The molecule has 13 heteroatoms. The minimum absolute atomic E-state index is 0.109. The van der Waals surface area contributed by atoms with Crippen LogP contribution < -0.4 is 26.2 Å². The van der Waals surface area contributed by atoms with Crippen LogP contribution in [0.4, 0.5) is 5.69 Å². The molecule has 4 aromatic rings. The number of hydrogen-bond donors (Lipinski definition) is 4. The molecule has 2 aromatic carbocycles. The van der Waals surface area contributed by atoms with Crippen LogP contribution in [0.1, 0.15) is 35.5 Å². The van der Waals surface area contributed by atoms with Gasteiger partial charge in [-0.2, -0.15) is 9.78 Å². The van der Waals surface area contributed by atoms with Gasteiger partial charge in [-0.3, -0.25) is 15.2 Å². The Morgan fingerprint density at radius 3 is 2.68 bits per heavy atom. The van der Waals surface area contributed by atoms with Crippen LogP contribution in [0.2, 0.25) is 0 Å². The molecular weight excluding hydrogens is 492 g/mol. The molecule has 196 valence electrons. The lowest BCUT2D eigenvalue weighted by Crippen LogP contribution is -2.17. The molecule has 0 saturated heterocycles. The van der Waals surface area contributed by atoms with Gasteiger partial charge >= 0.3 is 11.7 Å². The number of carbonyl (C=O) groups excluding carboxylic acids is 1.